The maximum Gasteiger partial charge on any atom is 0.135 e. The molecule has 1 aromatic carbocycles. The highest BCUT2D eigenvalue weighted by Crippen LogP contribution is 2.25. The zero-order chi connectivity index (χ0) is 14.8. The molecule has 2 heterocycles. The topological polar surface area (TPSA) is 77.2 Å². The highest BCUT2D eigenvalue weighted by Gasteiger charge is 2.15. The van der Waals surface area contributed by atoms with Gasteiger partial charge in [-0.3, -0.25) is 0 Å². The average Bonchev–Trinajstić information content (AvgIpc) is 3.11. The van der Waals surface area contributed by atoms with Crippen LogP contribution in [0.4, 0.5) is 5.69 Å². The predicted molar refractivity (Wildman–Crippen MR) is 81.8 cm³/mol. The van der Waals surface area contributed by atoms with E-state index in [-0.39, 0.29) is 12.6 Å². The summed E-state index contributed by atoms with van der Waals surface area (Å²) in [6.45, 7) is 2.04. The van der Waals surface area contributed by atoms with E-state index in [1.807, 2.05) is 30.3 Å². The molecule has 3 aromatic rings. The fourth-order valence-electron chi connectivity index (χ4n) is 2.70. The van der Waals surface area contributed by atoms with Crippen LogP contribution in [-0.4, -0.2) is 14.7 Å². The summed E-state index contributed by atoms with van der Waals surface area (Å²) in [6, 6.07) is 9.75. The summed E-state index contributed by atoms with van der Waals surface area (Å²) in [6.07, 6.45) is 3.46. The van der Waals surface area contributed by atoms with E-state index in [2.05, 4.69) is 16.5 Å². The minimum absolute atomic E-state index is 0.0837. The van der Waals surface area contributed by atoms with Crippen LogP contribution in [0.5, 0.6) is 0 Å². The Labute approximate surface area is 123 Å². The molecule has 3 N–H and O–H groups in total. The largest absolute Gasteiger partial charge is 0.469 e. The number of hydrogen-bond donors (Lipinski definition) is 2. The van der Waals surface area contributed by atoms with Gasteiger partial charge in [-0.25, -0.2) is 4.98 Å². The van der Waals surface area contributed by atoms with Gasteiger partial charge in [-0.1, -0.05) is 0 Å². The molecule has 0 amide bonds. The quantitative estimate of drug-likeness (QED) is 0.707. The number of rotatable bonds is 5. The molecule has 21 heavy (non-hydrogen) atoms. The summed E-state index contributed by atoms with van der Waals surface area (Å²) in [5, 5.41) is 9.56. The van der Waals surface area contributed by atoms with Crippen LogP contribution in [0.1, 0.15) is 31.0 Å². The van der Waals surface area contributed by atoms with Crippen molar-refractivity contribution in [2.45, 2.75) is 32.4 Å². The first-order valence-corrected chi connectivity index (χ1v) is 7.08. The molecule has 3 rings (SSSR count). The zero-order valence-electron chi connectivity index (χ0n) is 12.0. The number of benzene rings is 1. The average molecular weight is 285 g/mol. The number of nitrogen functional groups attached to an aromatic ring is 1. The zero-order valence-corrected chi connectivity index (χ0v) is 12.0. The minimum atomic E-state index is -0.0837. The van der Waals surface area contributed by atoms with Gasteiger partial charge in [0.15, 0.2) is 0 Å². The first-order chi connectivity index (χ1) is 10.2. The summed E-state index contributed by atoms with van der Waals surface area (Å²) >= 11 is 0. The van der Waals surface area contributed by atoms with E-state index in [0.29, 0.717) is 11.5 Å². The van der Waals surface area contributed by atoms with Crippen LogP contribution >= 0.6 is 0 Å². The number of aliphatic hydroxyl groups excluding tert-OH is 1. The Morgan fingerprint density at radius 3 is 2.95 bits per heavy atom. The summed E-state index contributed by atoms with van der Waals surface area (Å²) in [7, 11) is 0. The van der Waals surface area contributed by atoms with E-state index >= 15 is 0 Å². The van der Waals surface area contributed by atoms with Gasteiger partial charge in [0.05, 0.1) is 17.3 Å². The summed E-state index contributed by atoms with van der Waals surface area (Å²) in [5.74, 6) is 1.64. The summed E-state index contributed by atoms with van der Waals surface area (Å²) < 4.78 is 7.45. The smallest absolute Gasteiger partial charge is 0.135 e. The third kappa shape index (κ3) is 2.64. The lowest BCUT2D eigenvalue weighted by atomic mass is 10.1. The standard InChI is InChI=1S/C16H19N3O2/c1-11(4-6-13-3-2-8-21-13)19-15-7-5-12(17)9-14(15)18-16(19)10-20/h2-3,5,7-9,11,20H,4,6,10,17H2,1H3. The number of imidazole rings is 1. The number of nitrogens with zero attached hydrogens (tertiary/aromatic N) is 2. The Kier molecular flexibility index (Phi) is 3.66. The van der Waals surface area contributed by atoms with Gasteiger partial charge >= 0.3 is 0 Å². The second-order valence-corrected chi connectivity index (χ2v) is 5.27. The molecule has 1 atom stereocenters. The lowest BCUT2D eigenvalue weighted by Gasteiger charge is -2.16. The van der Waals surface area contributed by atoms with Crippen molar-refractivity contribution in [3.05, 3.63) is 48.2 Å². The second kappa shape index (κ2) is 5.61. The third-order valence-corrected chi connectivity index (χ3v) is 3.76. The molecule has 0 fully saturated rings. The lowest BCUT2D eigenvalue weighted by molar-refractivity contribution is 0.261. The predicted octanol–water partition coefficient (Wildman–Crippen LogP) is 2.90. The number of anilines is 1. The van der Waals surface area contributed by atoms with Crippen LogP contribution in [0.25, 0.3) is 11.0 Å². The SMILES string of the molecule is CC(CCc1ccco1)n1c(CO)nc2cc(N)ccc21. The molecule has 0 bridgehead atoms. The van der Waals surface area contributed by atoms with Crippen molar-refractivity contribution in [3.8, 4) is 0 Å². The van der Waals surface area contributed by atoms with Crippen molar-refractivity contribution >= 4 is 16.7 Å². The van der Waals surface area contributed by atoms with E-state index in [9.17, 15) is 5.11 Å². The van der Waals surface area contributed by atoms with E-state index in [1.54, 1.807) is 6.26 Å². The summed E-state index contributed by atoms with van der Waals surface area (Å²) in [4.78, 5) is 4.47. The highest BCUT2D eigenvalue weighted by atomic mass is 16.3. The number of fused-ring (bicyclic) bond motifs is 1. The first kappa shape index (κ1) is 13.7. The Morgan fingerprint density at radius 1 is 1.38 bits per heavy atom. The van der Waals surface area contributed by atoms with Gasteiger partial charge in [0.2, 0.25) is 0 Å². The molecular formula is C16H19N3O2. The van der Waals surface area contributed by atoms with Gasteiger partial charge < -0.3 is 19.8 Å². The number of furan rings is 1. The Balaban J connectivity index is 1.90. The molecule has 0 radical (unpaired) electrons. The minimum Gasteiger partial charge on any atom is -0.469 e. The molecule has 0 aliphatic heterocycles. The van der Waals surface area contributed by atoms with Crippen LogP contribution in [-0.2, 0) is 13.0 Å². The Bertz CT molecular complexity index is 731. The van der Waals surface area contributed by atoms with Gasteiger partial charge in [0.1, 0.15) is 18.2 Å². The molecular weight excluding hydrogens is 266 g/mol. The van der Waals surface area contributed by atoms with Crippen LogP contribution in [0, 0.1) is 0 Å². The van der Waals surface area contributed by atoms with Gasteiger partial charge in [-0.05, 0) is 43.7 Å². The van der Waals surface area contributed by atoms with Crippen molar-refractivity contribution in [2.75, 3.05) is 5.73 Å². The molecule has 0 aliphatic carbocycles. The molecule has 1 unspecified atom stereocenters. The van der Waals surface area contributed by atoms with Gasteiger partial charge in [-0.15, -0.1) is 0 Å². The van der Waals surface area contributed by atoms with Crippen LogP contribution in [0.15, 0.2) is 41.0 Å². The van der Waals surface area contributed by atoms with Crippen molar-refractivity contribution in [3.63, 3.8) is 0 Å². The molecule has 5 heteroatoms. The normalized spacial score (nSPS) is 12.9. The fraction of sp³-hybridized carbons (Fsp3) is 0.312. The molecule has 0 aliphatic rings. The Hall–Kier alpha value is -2.27. The molecule has 0 saturated carbocycles. The van der Waals surface area contributed by atoms with Crippen LogP contribution in [0.3, 0.4) is 0 Å². The van der Waals surface area contributed by atoms with Crippen molar-refractivity contribution < 1.29 is 9.52 Å². The van der Waals surface area contributed by atoms with E-state index in [4.69, 9.17) is 10.2 Å². The monoisotopic (exact) mass is 285 g/mol. The van der Waals surface area contributed by atoms with Crippen LogP contribution in [0.2, 0.25) is 0 Å². The fourth-order valence-corrected chi connectivity index (χ4v) is 2.70. The van der Waals surface area contributed by atoms with E-state index in [1.165, 1.54) is 0 Å². The summed E-state index contributed by atoms with van der Waals surface area (Å²) in [5.41, 5.74) is 8.30. The van der Waals surface area contributed by atoms with Crippen molar-refractivity contribution in [1.82, 2.24) is 9.55 Å². The molecule has 110 valence electrons. The number of nitrogens with two attached hydrogens (primary N) is 1. The maximum atomic E-state index is 9.56. The van der Waals surface area contributed by atoms with E-state index < -0.39 is 0 Å². The second-order valence-electron chi connectivity index (χ2n) is 5.27. The first-order valence-electron chi connectivity index (χ1n) is 7.08. The van der Waals surface area contributed by atoms with Crippen molar-refractivity contribution in [2.24, 2.45) is 0 Å². The van der Waals surface area contributed by atoms with Gasteiger partial charge in [0.25, 0.3) is 0 Å². The lowest BCUT2D eigenvalue weighted by Crippen LogP contribution is -2.10. The van der Waals surface area contributed by atoms with Crippen molar-refractivity contribution in [1.29, 1.82) is 0 Å². The maximum absolute atomic E-state index is 9.56. The third-order valence-electron chi connectivity index (χ3n) is 3.76. The van der Waals surface area contributed by atoms with Gasteiger partial charge in [-0.2, -0.15) is 0 Å². The molecule has 0 spiro atoms. The number of aryl methyl sites for hydroxylation is 1. The number of aromatic nitrogens is 2. The Morgan fingerprint density at radius 2 is 2.24 bits per heavy atom. The number of aliphatic hydroxyl groups is 1. The van der Waals surface area contributed by atoms with Gasteiger partial charge in [0, 0.05) is 18.2 Å². The van der Waals surface area contributed by atoms with Crippen LogP contribution < -0.4 is 5.73 Å². The molecule has 0 saturated heterocycles. The highest BCUT2D eigenvalue weighted by molar-refractivity contribution is 5.79. The van der Waals surface area contributed by atoms with E-state index in [0.717, 1.165) is 29.6 Å². The molecule has 5 nitrogen and oxygen atoms in total. The molecule has 2 aromatic heterocycles. The number of hydrogen-bond acceptors (Lipinski definition) is 4.